The maximum atomic E-state index is 14.6. The molecule has 1 aliphatic heterocycles. The highest BCUT2D eigenvalue weighted by Gasteiger charge is 2.43. The molecule has 3 aromatic rings. The van der Waals surface area contributed by atoms with Gasteiger partial charge in [-0.2, -0.15) is 10.4 Å². The van der Waals surface area contributed by atoms with Crippen molar-refractivity contribution in [1.29, 1.82) is 5.26 Å². The number of aliphatic imine (C=N–C) groups is 1. The SMILES string of the molecule is Cc1nn(CCC#N)c2c1P(=O)(Nc1ccccc1[N+](=O)[O-])N(C)C(c1ccc(F)cc1)=N2. The van der Waals surface area contributed by atoms with Gasteiger partial charge >= 0.3 is 0 Å². The number of aryl methyl sites for hydroxylation is 2. The van der Waals surface area contributed by atoms with E-state index in [0.717, 1.165) is 0 Å². The molecule has 0 fully saturated rings. The minimum atomic E-state index is -3.78. The quantitative estimate of drug-likeness (QED) is 0.328. The summed E-state index contributed by atoms with van der Waals surface area (Å²) in [4.78, 5) is 15.7. The highest BCUT2D eigenvalue weighted by atomic mass is 31.2. The Hall–Kier alpha value is -4.03. The molecule has 4 rings (SSSR count). The molecular formula is C21H19FN7O3P. The number of hydrogen-bond acceptors (Lipinski definition) is 6. The predicted molar refractivity (Wildman–Crippen MR) is 122 cm³/mol. The van der Waals surface area contributed by atoms with Crippen LogP contribution in [-0.4, -0.2) is 32.3 Å². The van der Waals surface area contributed by atoms with E-state index in [0.29, 0.717) is 16.6 Å². The second-order valence-electron chi connectivity index (χ2n) is 7.32. The zero-order valence-corrected chi connectivity index (χ0v) is 18.7. The molecule has 168 valence electrons. The summed E-state index contributed by atoms with van der Waals surface area (Å²) in [5, 5.41) is 28.2. The van der Waals surface area contributed by atoms with Gasteiger partial charge in [-0.25, -0.2) is 14.1 Å². The molecule has 1 unspecified atom stereocenters. The molecule has 12 heteroatoms. The molecule has 0 aliphatic carbocycles. The van der Waals surface area contributed by atoms with Crippen molar-refractivity contribution in [1.82, 2.24) is 14.5 Å². The van der Waals surface area contributed by atoms with Crippen molar-refractivity contribution in [3.8, 4) is 6.07 Å². The fraction of sp³-hybridized carbons (Fsp3) is 0.190. The Morgan fingerprint density at radius 3 is 2.61 bits per heavy atom. The number of para-hydroxylation sites is 2. The Bertz CT molecular complexity index is 1360. The van der Waals surface area contributed by atoms with Crippen LogP contribution in [0.4, 0.5) is 21.6 Å². The molecule has 1 aromatic heterocycles. The third-order valence-electron chi connectivity index (χ3n) is 5.22. The number of rotatable bonds is 6. The van der Waals surface area contributed by atoms with E-state index in [-0.39, 0.29) is 36.0 Å². The smallest absolute Gasteiger partial charge is 0.296 e. The molecule has 0 amide bonds. The summed E-state index contributed by atoms with van der Waals surface area (Å²) in [5.41, 5.74) is 0.766. The highest BCUT2D eigenvalue weighted by molar-refractivity contribution is 7.72. The number of aromatic nitrogens is 2. The molecule has 33 heavy (non-hydrogen) atoms. The average molecular weight is 467 g/mol. The maximum Gasteiger partial charge on any atom is 0.296 e. The van der Waals surface area contributed by atoms with E-state index < -0.39 is 18.2 Å². The average Bonchev–Trinajstić information content (AvgIpc) is 3.11. The number of anilines is 1. The number of fused-ring (bicyclic) bond motifs is 1. The molecule has 1 atom stereocenters. The summed E-state index contributed by atoms with van der Waals surface area (Å²) in [5.74, 6) is 0.124. The van der Waals surface area contributed by atoms with Gasteiger partial charge in [-0.15, -0.1) is 0 Å². The van der Waals surface area contributed by atoms with Gasteiger partial charge in [0, 0.05) is 18.7 Å². The lowest BCUT2D eigenvalue weighted by molar-refractivity contribution is -0.383. The van der Waals surface area contributed by atoms with Crippen molar-refractivity contribution in [2.75, 3.05) is 12.1 Å². The van der Waals surface area contributed by atoms with E-state index in [1.165, 1.54) is 51.8 Å². The summed E-state index contributed by atoms with van der Waals surface area (Å²) < 4.78 is 31.1. The second-order valence-corrected chi connectivity index (χ2v) is 9.74. The van der Waals surface area contributed by atoms with E-state index in [4.69, 9.17) is 5.26 Å². The van der Waals surface area contributed by atoms with Crippen LogP contribution in [0.1, 0.15) is 17.7 Å². The summed E-state index contributed by atoms with van der Waals surface area (Å²) in [6, 6.07) is 13.5. The van der Waals surface area contributed by atoms with Crippen LogP contribution >= 0.6 is 7.44 Å². The molecule has 2 heterocycles. The number of nitriles is 1. The molecule has 2 aromatic carbocycles. The monoisotopic (exact) mass is 467 g/mol. The fourth-order valence-corrected chi connectivity index (χ4v) is 6.09. The van der Waals surface area contributed by atoms with Crippen molar-refractivity contribution < 1.29 is 13.9 Å². The predicted octanol–water partition coefficient (Wildman–Crippen LogP) is 4.11. The molecule has 0 radical (unpaired) electrons. The number of amidine groups is 1. The molecule has 1 aliphatic rings. The molecule has 0 bridgehead atoms. The van der Waals surface area contributed by atoms with Crippen molar-refractivity contribution in [3.63, 3.8) is 0 Å². The van der Waals surface area contributed by atoms with Crippen LogP contribution in [-0.2, 0) is 11.1 Å². The second kappa shape index (κ2) is 8.48. The van der Waals surface area contributed by atoms with E-state index in [1.807, 2.05) is 6.07 Å². The first-order valence-electron chi connectivity index (χ1n) is 9.91. The Morgan fingerprint density at radius 1 is 1.24 bits per heavy atom. The first-order chi connectivity index (χ1) is 15.8. The van der Waals surface area contributed by atoms with Crippen LogP contribution in [0.2, 0.25) is 0 Å². The van der Waals surface area contributed by atoms with Crippen molar-refractivity contribution in [2.24, 2.45) is 4.99 Å². The minimum Gasteiger partial charge on any atom is -0.311 e. The van der Waals surface area contributed by atoms with Crippen molar-refractivity contribution >= 4 is 35.8 Å². The third-order valence-corrected chi connectivity index (χ3v) is 7.93. The molecule has 1 N–H and O–H groups in total. The number of nitro groups is 1. The van der Waals surface area contributed by atoms with Crippen LogP contribution < -0.4 is 10.4 Å². The lowest BCUT2D eigenvalue weighted by Crippen LogP contribution is -2.36. The van der Waals surface area contributed by atoms with Gasteiger partial charge in [-0.1, -0.05) is 12.1 Å². The Balaban J connectivity index is 1.93. The van der Waals surface area contributed by atoms with Gasteiger partial charge in [0.2, 0.25) is 0 Å². The van der Waals surface area contributed by atoms with E-state index >= 15 is 0 Å². The van der Waals surface area contributed by atoms with Crippen LogP contribution in [0.15, 0.2) is 53.5 Å². The fourth-order valence-electron chi connectivity index (χ4n) is 3.67. The minimum absolute atomic E-state index is 0.0770. The van der Waals surface area contributed by atoms with Crippen LogP contribution in [0.3, 0.4) is 0 Å². The summed E-state index contributed by atoms with van der Waals surface area (Å²) in [7, 11) is -2.22. The Kier molecular flexibility index (Phi) is 5.70. The topological polar surface area (TPSA) is 129 Å². The number of nitrogens with one attached hydrogen (secondary N) is 1. The maximum absolute atomic E-state index is 14.6. The number of hydrogen-bond donors (Lipinski definition) is 1. The lowest BCUT2D eigenvalue weighted by atomic mass is 10.2. The summed E-state index contributed by atoms with van der Waals surface area (Å²) >= 11 is 0. The zero-order valence-electron chi connectivity index (χ0n) is 17.8. The first kappa shape index (κ1) is 22.2. The van der Waals surface area contributed by atoms with E-state index in [2.05, 4.69) is 15.2 Å². The Morgan fingerprint density at radius 2 is 1.94 bits per heavy atom. The van der Waals surface area contributed by atoms with Gasteiger partial charge in [0.1, 0.15) is 22.6 Å². The van der Waals surface area contributed by atoms with Crippen LogP contribution in [0.5, 0.6) is 0 Å². The zero-order chi connectivity index (χ0) is 23.8. The largest absolute Gasteiger partial charge is 0.311 e. The van der Waals surface area contributed by atoms with Gasteiger partial charge < -0.3 is 5.09 Å². The lowest BCUT2D eigenvalue weighted by Gasteiger charge is -2.35. The van der Waals surface area contributed by atoms with Gasteiger partial charge in [-0.3, -0.25) is 19.3 Å². The standard InChI is InChI=1S/C21H19FN7O3P/c1-14-19-21(28(25-14)13-5-12-23)24-20(15-8-10-16(22)11-9-15)27(2)33(19,32)26-17-6-3-4-7-18(17)29(30)31/h3-4,6-11H,5,13H2,1-2H3,(H,26,32). The number of nitrogens with zero attached hydrogens (tertiary/aromatic N) is 6. The summed E-state index contributed by atoms with van der Waals surface area (Å²) in [6.45, 7) is 1.89. The van der Waals surface area contributed by atoms with Gasteiger partial charge in [0.25, 0.3) is 13.1 Å². The number of nitro benzene ring substituents is 1. The van der Waals surface area contributed by atoms with Crippen LogP contribution in [0.25, 0.3) is 0 Å². The Labute approximate surface area is 188 Å². The number of halogens is 1. The van der Waals surface area contributed by atoms with Gasteiger partial charge in [0.05, 0.1) is 29.7 Å². The molecule has 0 saturated carbocycles. The van der Waals surface area contributed by atoms with Crippen molar-refractivity contribution in [2.45, 2.75) is 19.9 Å². The normalized spacial score (nSPS) is 17.2. The molecule has 0 spiro atoms. The van der Waals surface area contributed by atoms with Crippen LogP contribution in [0, 0.1) is 34.2 Å². The third kappa shape index (κ3) is 3.85. The highest BCUT2D eigenvalue weighted by Crippen LogP contribution is 2.54. The van der Waals surface area contributed by atoms with Gasteiger partial charge in [0.15, 0.2) is 5.82 Å². The molecule has 10 nitrogen and oxygen atoms in total. The van der Waals surface area contributed by atoms with Gasteiger partial charge in [-0.05, 0) is 37.3 Å². The molecule has 0 saturated heterocycles. The summed E-state index contributed by atoms with van der Waals surface area (Å²) in [6.07, 6.45) is 0.159. The van der Waals surface area contributed by atoms with E-state index in [1.54, 1.807) is 20.0 Å². The number of benzene rings is 2. The molecular weight excluding hydrogens is 448 g/mol. The van der Waals surface area contributed by atoms with Crippen molar-refractivity contribution in [3.05, 3.63) is 75.7 Å². The first-order valence-corrected chi connectivity index (χ1v) is 11.6. The van der Waals surface area contributed by atoms with E-state index in [9.17, 15) is 19.1 Å².